The molecule has 1 aliphatic rings. The van der Waals surface area contributed by atoms with Crippen LogP contribution in [0.4, 0.5) is 0 Å². The first-order valence-corrected chi connectivity index (χ1v) is 8.97. The molecule has 0 aliphatic carbocycles. The van der Waals surface area contributed by atoms with Crippen molar-refractivity contribution >= 4 is 16.8 Å². The number of amides is 1. The van der Waals surface area contributed by atoms with E-state index in [-0.39, 0.29) is 12.0 Å². The van der Waals surface area contributed by atoms with Crippen molar-refractivity contribution in [2.24, 2.45) is 7.05 Å². The highest BCUT2D eigenvalue weighted by molar-refractivity contribution is 6.06. The number of ether oxygens (including phenoxy) is 1. The lowest BCUT2D eigenvalue weighted by atomic mass is 10.1. The molecule has 134 valence electrons. The Morgan fingerprint density at radius 3 is 2.85 bits per heavy atom. The molecule has 6 heteroatoms. The fraction of sp³-hybridized carbons (Fsp3) is 0.350. The Labute approximate surface area is 152 Å². The SMILES string of the molecule is Cn1cc(C(=O)NCc2cnc(C3CCCCO3)nc2)c2ccccc21. The van der Waals surface area contributed by atoms with Crippen LogP contribution in [0, 0.1) is 0 Å². The Hall–Kier alpha value is -2.73. The van der Waals surface area contributed by atoms with Gasteiger partial charge in [0.1, 0.15) is 6.10 Å². The highest BCUT2D eigenvalue weighted by atomic mass is 16.5. The molecule has 1 atom stereocenters. The van der Waals surface area contributed by atoms with Crippen LogP contribution in [0.3, 0.4) is 0 Å². The monoisotopic (exact) mass is 350 g/mol. The molecule has 2 aromatic heterocycles. The summed E-state index contributed by atoms with van der Waals surface area (Å²) in [4.78, 5) is 21.4. The molecule has 1 fully saturated rings. The van der Waals surface area contributed by atoms with Gasteiger partial charge in [0, 0.05) is 55.3 Å². The van der Waals surface area contributed by atoms with Gasteiger partial charge in [0.15, 0.2) is 5.82 Å². The molecule has 3 heterocycles. The topological polar surface area (TPSA) is 69.0 Å². The maximum absolute atomic E-state index is 12.6. The third-order valence-electron chi connectivity index (χ3n) is 4.79. The van der Waals surface area contributed by atoms with E-state index < -0.39 is 0 Å². The minimum atomic E-state index is -0.0958. The summed E-state index contributed by atoms with van der Waals surface area (Å²) >= 11 is 0. The van der Waals surface area contributed by atoms with Gasteiger partial charge >= 0.3 is 0 Å². The Balaban J connectivity index is 1.42. The third kappa shape index (κ3) is 3.32. The largest absolute Gasteiger partial charge is 0.370 e. The lowest BCUT2D eigenvalue weighted by Gasteiger charge is -2.21. The third-order valence-corrected chi connectivity index (χ3v) is 4.79. The number of carbonyl (C=O) groups excluding carboxylic acids is 1. The van der Waals surface area contributed by atoms with Crippen molar-refractivity contribution in [2.45, 2.75) is 31.9 Å². The van der Waals surface area contributed by atoms with Crippen LogP contribution in [0.25, 0.3) is 10.9 Å². The summed E-state index contributed by atoms with van der Waals surface area (Å²) in [6.07, 6.45) is 8.62. The van der Waals surface area contributed by atoms with Gasteiger partial charge in [0.2, 0.25) is 0 Å². The van der Waals surface area contributed by atoms with Gasteiger partial charge in [-0.2, -0.15) is 0 Å². The van der Waals surface area contributed by atoms with E-state index in [0.717, 1.165) is 48.2 Å². The molecule has 4 rings (SSSR count). The first-order chi connectivity index (χ1) is 12.7. The zero-order chi connectivity index (χ0) is 17.9. The fourth-order valence-electron chi connectivity index (χ4n) is 3.37. The molecule has 0 saturated carbocycles. The number of aryl methyl sites for hydroxylation is 1. The van der Waals surface area contributed by atoms with Gasteiger partial charge in [-0.15, -0.1) is 0 Å². The second kappa shape index (κ2) is 7.25. The van der Waals surface area contributed by atoms with E-state index in [4.69, 9.17) is 4.74 Å². The average Bonchev–Trinajstić information content (AvgIpc) is 3.04. The van der Waals surface area contributed by atoms with Gasteiger partial charge in [-0.25, -0.2) is 9.97 Å². The van der Waals surface area contributed by atoms with Gasteiger partial charge in [0.25, 0.3) is 5.91 Å². The summed E-state index contributed by atoms with van der Waals surface area (Å²) in [5.74, 6) is 0.635. The van der Waals surface area contributed by atoms with E-state index in [0.29, 0.717) is 12.1 Å². The van der Waals surface area contributed by atoms with Crippen LogP contribution in [-0.4, -0.2) is 27.0 Å². The smallest absolute Gasteiger partial charge is 0.253 e. The van der Waals surface area contributed by atoms with Crippen LogP contribution < -0.4 is 5.32 Å². The van der Waals surface area contributed by atoms with Gasteiger partial charge in [-0.3, -0.25) is 4.79 Å². The number of aromatic nitrogens is 3. The molecule has 0 spiro atoms. The normalized spacial score (nSPS) is 17.3. The van der Waals surface area contributed by atoms with Gasteiger partial charge in [-0.1, -0.05) is 18.2 Å². The Morgan fingerprint density at radius 2 is 2.08 bits per heavy atom. The molecule has 1 saturated heterocycles. The summed E-state index contributed by atoms with van der Waals surface area (Å²) in [5, 5.41) is 3.91. The number of fused-ring (bicyclic) bond motifs is 1. The van der Waals surface area contributed by atoms with Crippen molar-refractivity contribution in [3.8, 4) is 0 Å². The molecule has 3 aromatic rings. The van der Waals surface area contributed by atoms with E-state index in [9.17, 15) is 4.79 Å². The molecular formula is C20H22N4O2. The van der Waals surface area contributed by atoms with Crippen LogP contribution in [0.1, 0.15) is 47.1 Å². The number of hydrogen-bond acceptors (Lipinski definition) is 4. The highest BCUT2D eigenvalue weighted by Gasteiger charge is 2.18. The number of para-hydroxylation sites is 1. The predicted octanol–water partition coefficient (Wildman–Crippen LogP) is 3.14. The predicted molar refractivity (Wildman–Crippen MR) is 98.7 cm³/mol. The Bertz CT molecular complexity index is 911. The summed E-state index contributed by atoms with van der Waals surface area (Å²) in [7, 11) is 1.94. The lowest BCUT2D eigenvalue weighted by Crippen LogP contribution is -2.23. The second-order valence-electron chi connectivity index (χ2n) is 6.66. The Kier molecular flexibility index (Phi) is 4.67. The molecule has 6 nitrogen and oxygen atoms in total. The molecule has 1 N–H and O–H groups in total. The van der Waals surface area contributed by atoms with E-state index in [1.807, 2.05) is 42.1 Å². The highest BCUT2D eigenvalue weighted by Crippen LogP contribution is 2.25. The number of nitrogens with zero attached hydrogens (tertiary/aromatic N) is 3. The van der Waals surface area contributed by atoms with Crippen molar-refractivity contribution in [1.82, 2.24) is 19.9 Å². The molecule has 1 unspecified atom stereocenters. The first kappa shape index (κ1) is 16.7. The van der Waals surface area contributed by atoms with Crippen LogP contribution >= 0.6 is 0 Å². The van der Waals surface area contributed by atoms with Crippen molar-refractivity contribution < 1.29 is 9.53 Å². The van der Waals surface area contributed by atoms with Gasteiger partial charge in [-0.05, 0) is 25.3 Å². The molecule has 1 aliphatic heterocycles. The maximum Gasteiger partial charge on any atom is 0.253 e. The van der Waals surface area contributed by atoms with E-state index in [1.165, 1.54) is 0 Å². The van der Waals surface area contributed by atoms with Crippen molar-refractivity contribution in [1.29, 1.82) is 0 Å². The number of rotatable bonds is 4. The molecule has 26 heavy (non-hydrogen) atoms. The van der Waals surface area contributed by atoms with Crippen molar-refractivity contribution in [3.05, 3.63) is 59.8 Å². The number of hydrogen-bond donors (Lipinski definition) is 1. The quantitative estimate of drug-likeness (QED) is 0.785. The van der Waals surface area contributed by atoms with Gasteiger partial charge < -0.3 is 14.6 Å². The van der Waals surface area contributed by atoms with Crippen LogP contribution in [0.15, 0.2) is 42.9 Å². The standard InChI is InChI=1S/C20H22N4O2/c1-24-13-16(15-6-2-3-7-17(15)24)20(25)23-12-14-10-21-19(22-11-14)18-8-4-5-9-26-18/h2-3,6-7,10-11,13,18H,4-5,8-9,12H2,1H3,(H,23,25). The molecule has 1 amide bonds. The number of nitrogens with one attached hydrogen (secondary N) is 1. The summed E-state index contributed by atoms with van der Waals surface area (Å²) < 4.78 is 7.67. The summed E-state index contributed by atoms with van der Waals surface area (Å²) in [5.41, 5.74) is 2.59. The van der Waals surface area contributed by atoms with Crippen LogP contribution in [0.5, 0.6) is 0 Å². The van der Waals surface area contributed by atoms with E-state index in [2.05, 4.69) is 15.3 Å². The lowest BCUT2D eigenvalue weighted by molar-refractivity contribution is 0.00940. The number of benzene rings is 1. The molecule has 0 bridgehead atoms. The van der Waals surface area contributed by atoms with E-state index in [1.54, 1.807) is 12.4 Å². The van der Waals surface area contributed by atoms with Gasteiger partial charge in [0.05, 0.1) is 5.56 Å². The molecular weight excluding hydrogens is 328 g/mol. The average molecular weight is 350 g/mol. The van der Waals surface area contributed by atoms with E-state index >= 15 is 0 Å². The Morgan fingerprint density at radius 1 is 1.27 bits per heavy atom. The fourth-order valence-corrected chi connectivity index (χ4v) is 3.37. The summed E-state index contributed by atoms with van der Waals surface area (Å²) in [6.45, 7) is 1.17. The van der Waals surface area contributed by atoms with Crippen LogP contribution in [0.2, 0.25) is 0 Å². The first-order valence-electron chi connectivity index (χ1n) is 8.97. The minimum Gasteiger partial charge on any atom is -0.370 e. The van der Waals surface area contributed by atoms with Crippen molar-refractivity contribution in [2.75, 3.05) is 6.61 Å². The maximum atomic E-state index is 12.6. The zero-order valence-corrected chi connectivity index (χ0v) is 14.8. The van der Waals surface area contributed by atoms with Crippen LogP contribution in [-0.2, 0) is 18.3 Å². The number of carbonyl (C=O) groups is 1. The molecule has 1 aromatic carbocycles. The minimum absolute atomic E-state index is 0.00285. The summed E-state index contributed by atoms with van der Waals surface area (Å²) in [6, 6.07) is 7.89. The second-order valence-corrected chi connectivity index (χ2v) is 6.66. The molecule has 0 radical (unpaired) electrons. The zero-order valence-electron chi connectivity index (χ0n) is 14.8. The van der Waals surface area contributed by atoms with Crippen molar-refractivity contribution in [3.63, 3.8) is 0 Å².